The van der Waals surface area contributed by atoms with Crippen LogP contribution in [0.25, 0.3) is 0 Å². The molecular weight excluding hydrogens is 349 g/mol. The number of amides is 1. The molecule has 1 unspecified atom stereocenters. The first kappa shape index (κ1) is 14.9. The van der Waals surface area contributed by atoms with Crippen molar-refractivity contribution in [3.63, 3.8) is 0 Å². The van der Waals surface area contributed by atoms with Gasteiger partial charge in [0.05, 0.1) is 14.2 Å². The number of ether oxygens (including phenoxy) is 1. The number of halogens is 1. The van der Waals surface area contributed by atoms with E-state index >= 15 is 0 Å². The molecule has 1 amide bonds. The lowest BCUT2D eigenvalue weighted by Gasteiger charge is -2.19. The van der Waals surface area contributed by atoms with Crippen LogP contribution in [0.3, 0.4) is 0 Å². The SMILES string of the molecule is COC(=O)C1CCCN1C(=O)n1cc[n+](C)c1.[I-]. The lowest BCUT2D eigenvalue weighted by Crippen LogP contribution is -3.00. The highest BCUT2D eigenvalue weighted by molar-refractivity contribution is 5.85. The summed E-state index contributed by atoms with van der Waals surface area (Å²) >= 11 is 0. The van der Waals surface area contributed by atoms with Crippen molar-refractivity contribution in [3.05, 3.63) is 18.7 Å². The van der Waals surface area contributed by atoms with Crippen LogP contribution in [-0.4, -0.2) is 41.2 Å². The second-order valence-corrected chi connectivity index (χ2v) is 4.14. The third-order valence-corrected chi connectivity index (χ3v) is 2.96. The van der Waals surface area contributed by atoms with Gasteiger partial charge in [0.15, 0.2) is 0 Å². The van der Waals surface area contributed by atoms with Crippen LogP contribution in [0.15, 0.2) is 18.7 Å². The number of carbonyl (C=O) groups is 2. The summed E-state index contributed by atoms with van der Waals surface area (Å²) in [5.41, 5.74) is 0. The molecule has 0 saturated carbocycles. The Morgan fingerprint density at radius 3 is 2.72 bits per heavy atom. The summed E-state index contributed by atoms with van der Waals surface area (Å²) in [4.78, 5) is 25.3. The van der Waals surface area contributed by atoms with Gasteiger partial charge in [-0.05, 0) is 12.8 Å². The standard InChI is InChI=1S/C11H16N3O3.HI/c1-12-6-7-13(8-12)11(16)14-5-3-4-9(14)10(15)17-2;/h6-9H,3-5H2,1-2H3;1H/q+1;/p-1. The average molecular weight is 365 g/mol. The molecule has 1 aromatic rings. The number of hydrogen-bond acceptors (Lipinski definition) is 3. The van der Waals surface area contributed by atoms with E-state index in [0.29, 0.717) is 13.0 Å². The van der Waals surface area contributed by atoms with E-state index < -0.39 is 6.04 Å². The number of methoxy groups -OCH3 is 1. The van der Waals surface area contributed by atoms with Crippen molar-refractivity contribution in [2.75, 3.05) is 13.7 Å². The van der Waals surface area contributed by atoms with Gasteiger partial charge in [0.2, 0.25) is 0 Å². The minimum absolute atomic E-state index is 0. The van der Waals surface area contributed by atoms with E-state index in [-0.39, 0.29) is 36.0 Å². The highest BCUT2D eigenvalue weighted by Crippen LogP contribution is 2.19. The van der Waals surface area contributed by atoms with Crippen molar-refractivity contribution in [2.24, 2.45) is 7.05 Å². The number of carbonyl (C=O) groups excluding carboxylic acids is 2. The first-order valence-corrected chi connectivity index (χ1v) is 5.55. The third kappa shape index (κ3) is 2.82. The molecule has 0 spiro atoms. The Hall–Kier alpha value is -1.12. The molecule has 100 valence electrons. The Kier molecular flexibility index (Phi) is 5.12. The Morgan fingerprint density at radius 1 is 1.44 bits per heavy atom. The fourth-order valence-electron chi connectivity index (χ4n) is 2.09. The van der Waals surface area contributed by atoms with E-state index in [4.69, 9.17) is 4.74 Å². The van der Waals surface area contributed by atoms with Crippen LogP contribution in [0.5, 0.6) is 0 Å². The molecule has 0 aromatic carbocycles. The summed E-state index contributed by atoms with van der Waals surface area (Å²) in [5.74, 6) is -0.340. The molecule has 0 N–H and O–H groups in total. The molecule has 1 atom stereocenters. The maximum Gasteiger partial charge on any atom is 0.416 e. The number of aryl methyl sites for hydroxylation is 1. The minimum atomic E-state index is -0.444. The van der Waals surface area contributed by atoms with Gasteiger partial charge < -0.3 is 28.7 Å². The quantitative estimate of drug-likeness (QED) is 0.302. The highest BCUT2D eigenvalue weighted by atomic mass is 127. The van der Waals surface area contributed by atoms with Crippen molar-refractivity contribution in [1.82, 2.24) is 9.47 Å². The van der Waals surface area contributed by atoms with E-state index in [1.54, 1.807) is 28.2 Å². The number of imidazole rings is 1. The fourth-order valence-corrected chi connectivity index (χ4v) is 2.09. The Bertz CT molecular complexity index is 446. The van der Waals surface area contributed by atoms with Crippen molar-refractivity contribution in [2.45, 2.75) is 18.9 Å². The number of likely N-dealkylation sites (tertiary alicyclic amines) is 1. The van der Waals surface area contributed by atoms with Gasteiger partial charge in [0.25, 0.3) is 6.33 Å². The molecule has 1 fully saturated rings. The molecule has 0 radical (unpaired) electrons. The summed E-state index contributed by atoms with van der Waals surface area (Å²) in [6.07, 6.45) is 6.63. The Morgan fingerprint density at radius 2 is 2.17 bits per heavy atom. The predicted molar refractivity (Wildman–Crippen MR) is 58.1 cm³/mol. The minimum Gasteiger partial charge on any atom is -1.00 e. The van der Waals surface area contributed by atoms with Crippen LogP contribution in [-0.2, 0) is 16.6 Å². The fraction of sp³-hybridized carbons (Fsp3) is 0.545. The second-order valence-electron chi connectivity index (χ2n) is 4.14. The monoisotopic (exact) mass is 365 g/mol. The molecule has 2 heterocycles. The van der Waals surface area contributed by atoms with Gasteiger partial charge in [-0.3, -0.25) is 4.90 Å². The van der Waals surface area contributed by atoms with Crippen LogP contribution in [0.1, 0.15) is 12.8 Å². The van der Waals surface area contributed by atoms with Crippen LogP contribution in [0.2, 0.25) is 0 Å². The molecule has 1 saturated heterocycles. The summed E-state index contributed by atoms with van der Waals surface area (Å²) in [6, 6.07) is -0.626. The summed E-state index contributed by atoms with van der Waals surface area (Å²) in [7, 11) is 3.19. The number of nitrogens with zero attached hydrogens (tertiary/aromatic N) is 3. The zero-order valence-corrected chi connectivity index (χ0v) is 12.5. The zero-order valence-electron chi connectivity index (χ0n) is 10.4. The van der Waals surface area contributed by atoms with Gasteiger partial charge in [-0.2, -0.15) is 4.57 Å². The van der Waals surface area contributed by atoms with E-state index in [9.17, 15) is 9.59 Å². The molecule has 6 nitrogen and oxygen atoms in total. The van der Waals surface area contributed by atoms with Crippen LogP contribution in [0, 0.1) is 0 Å². The number of esters is 1. The first-order valence-electron chi connectivity index (χ1n) is 5.55. The van der Waals surface area contributed by atoms with E-state index in [1.165, 1.54) is 11.7 Å². The molecule has 0 bridgehead atoms. The van der Waals surface area contributed by atoms with E-state index in [1.807, 2.05) is 7.05 Å². The highest BCUT2D eigenvalue weighted by Gasteiger charge is 2.37. The summed E-state index contributed by atoms with van der Waals surface area (Å²) < 4.78 is 7.96. The second kappa shape index (κ2) is 6.17. The molecule has 1 aromatic heterocycles. The molecular formula is C11H16IN3O3. The molecule has 1 aliphatic heterocycles. The van der Waals surface area contributed by atoms with Gasteiger partial charge in [0, 0.05) is 6.54 Å². The smallest absolute Gasteiger partial charge is 0.416 e. The van der Waals surface area contributed by atoms with Gasteiger partial charge in [-0.1, -0.05) is 0 Å². The van der Waals surface area contributed by atoms with Gasteiger partial charge in [-0.15, -0.1) is 0 Å². The molecule has 7 heteroatoms. The van der Waals surface area contributed by atoms with Crippen LogP contribution in [0.4, 0.5) is 4.79 Å². The number of rotatable bonds is 1. The molecule has 2 rings (SSSR count). The largest absolute Gasteiger partial charge is 1.00 e. The summed E-state index contributed by atoms with van der Waals surface area (Å²) in [6.45, 7) is 0.598. The van der Waals surface area contributed by atoms with Crippen molar-refractivity contribution >= 4 is 12.0 Å². The predicted octanol–water partition coefficient (Wildman–Crippen LogP) is -3.08. The lowest BCUT2D eigenvalue weighted by molar-refractivity contribution is -0.670. The first-order chi connectivity index (χ1) is 8.13. The van der Waals surface area contributed by atoms with Crippen molar-refractivity contribution < 1.29 is 42.9 Å². The van der Waals surface area contributed by atoms with Crippen molar-refractivity contribution in [3.8, 4) is 0 Å². The maximum absolute atomic E-state index is 12.2. The van der Waals surface area contributed by atoms with Crippen molar-refractivity contribution in [1.29, 1.82) is 0 Å². The van der Waals surface area contributed by atoms with Crippen LogP contribution >= 0.6 is 0 Å². The third-order valence-electron chi connectivity index (χ3n) is 2.96. The Labute approximate surface area is 123 Å². The van der Waals surface area contributed by atoms with Gasteiger partial charge in [0.1, 0.15) is 18.4 Å². The number of aromatic nitrogens is 2. The number of hydrogen-bond donors (Lipinski definition) is 0. The average Bonchev–Trinajstić information content (AvgIpc) is 2.95. The van der Waals surface area contributed by atoms with E-state index in [2.05, 4.69) is 0 Å². The Balaban J connectivity index is 0.00000162. The zero-order chi connectivity index (χ0) is 12.4. The van der Waals surface area contributed by atoms with Gasteiger partial charge in [-0.25, -0.2) is 14.2 Å². The van der Waals surface area contributed by atoms with Gasteiger partial charge >= 0.3 is 12.0 Å². The summed E-state index contributed by atoms with van der Waals surface area (Å²) in [5, 5.41) is 0. The molecule has 1 aliphatic rings. The molecule has 18 heavy (non-hydrogen) atoms. The lowest BCUT2D eigenvalue weighted by atomic mass is 10.2. The van der Waals surface area contributed by atoms with E-state index in [0.717, 1.165) is 6.42 Å². The van der Waals surface area contributed by atoms with Crippen LogP contribution < -0.4 is 28.5 Å². The normalized spacial score (nSPS) is 18.3. The maximum atomic E-state index is 12.2. The molecule has 0 aliphatic carbocycles. The topological polar surface area (TPSA) is 55.4 Å².